The van der Waals surface area contributed by atoms with Gasteiger partial charge in [-0.25, -0.2) is 0 Å². The van der Waals surface area contributed by atoms with E-state index in [1.807, 2.05) is 0 Å². The summed E-state index contributed by atoms with van der Waals surface area (Å²) in [5.74, 6) is -0.750. The Morgan fingerprint density at radius 3 is 2.69 bits per heavy atom. The number of aromatic nitrogens is 1. The van der Waals surface area contributed by atoms with Gasteiger partial charge in [0.15, 0.2) is 0 Å². The van der Waals surface area contributed by atoms with Crippen LogP contribution in [0.5, 0.6) is 0 Å². The number of ether oxygens (including phenoxy) is 1. The van der Waals surface area contributed by atoms with Crippen molar-refractivity contribution in [1.29, 1.82) is 0 Å². The summed E-state index contributed by atoms with van der Waals surface area (Å²) in [5, 5.41) is 0. The summed E-state index contributed by atoms with van der Waals surface area (Å²) in [6.07, 6.45) is -3.77. The van der Waals surface area contributed by atoms with E-state index >= 15 is 0 Å². The summed E-state index contributed by atoms with van der Waals surface area (Å²) < 4.78 is 42.3. The Morgan fingerprint density at radius 1 is 1.56 bits per heavy atom. The zero-order valence-corrected chi connectivity index (χ0v) is 10.3. The molecule has 1 heterocycles. The Balaban J connectivity index is 3.18. The van der Waals surface area contributed by atoms with Crippen LogP contribution in [-0.4, -0.2) is 18.1 Å². The minimum Gasteiger partial charge on any atom is -0.469 e. The van der Waals surface area contributed by atoms with Crippen molar-refractivity contribution in [2.24, 2.45) is 0 Å². The van der Waals surface area contributed by atoms with Crippen molar-refractivity contribution in [3.8, 4) is 0 Å². The van der Waals surface area contributed by atoms with Crippen LogP contribution in [0, 0.1) is 3.57 Å². The number of methoxy groups -OCH3 is 1. The lowest BCUT2D eigenvalue weighted by Gasteiger charge is -2.12. The normalized spacial score (nSPS) is 11.3. The van der Waals surface area contributed by atoms with Gasteiger partial charge in [0.25, 0.3) is 0 Å². The van der Waals surface area contributed by atoms with Crippen molar-refractivity contribution in [3.63, 3.8) is 0 Å². The van der Waals surface area contributed by atoms with Crippen LogP contribution in [0.1, 0.15) is 11.3 Å². The Labute approximate surface area is 103 Å². The van der Waals surface area contributed by atoms with E-state index in [2.05, 4.69) is 9.72 Å². The highest BCUT2D eigenvalue weighted by Gasteiger charge is 2.36. The number of alkyl halides is 3. The maximum absolute atomic E-state index is 12.7. The first kappa shape index (κ1) is 13.2. The number of pyridine rings is 1. The number of esters is 1. The van der Waals surface area contributed by atoms with Crippen LogP contribution in [0.15, 0.2) is 12.3 Å². The monoisotopic (exact) mass is 345 g/mol. The van der Waals surface area contributed by atoms with Gasteiger partial charge in [0.2, 0.25) is 0 Å². The average molecular weight is 345 g/mol. The molecule has 1 rings (SSSR count). The minimum absolute atomic E-state index is 0.0130. The first-order chi connectivity index (χ1) is 7.36. The SMILES string of the molecule is COC(=O)Cc1nccc(I)c1C(F)(F)F. The third-order valence-electron chi connectivity index (χ3n) is 1.80. The Kier molecular flexibility index (Phi) is 4.11. The molecule has 88 valence electrons. The van der Waals surface area contributed by atoms with Crippen molar-refractivity contribution in [1.82, 2.24) is 4.98 Å². The molecule has 0 aliphatic carbocycles. The van der Waals surface area contributed by atoms with Crippen molar-refractivity contribution in [2.45, 2.75) is 12.6 Å². The van der Waals surface area contributed by atoms with Crippen LogP contribution in [-0.2, 0) is 22.1 Å². The van der Waals surface area contributed by atoms with E-state index in [-0.39, 0.29) is 9.26 Å². The molecule has 16 heavy (non-hydrogen) atoms. The molecule has 1 aromatic rings. The van der Waals surface area contributed by atoms with Crippen LogP contribution in [0.2, 0.25) is 0 Å². The number of rotatable bonds is 2. The minimum atomic E-state index is -4.52. The molecule has 0 amide bonds. The predicted octanol–water partition coefficient (Wildman–Crippen LogP) is 2.42. The summed E-state index contributed by atoms with van der Waals surface area (Å²) >= 11 is 1.56. The topological polar surface area (TPSA) is 39.2 Å². The fraction of sp³-hybridized carbons (Fsp3) is 0.333. The highest BCUT2D eigenvalue weighted by Crippen LogP contribution is 2.34. The third-order valence-corrected chi connectivity index (χ3v) is 2.70. The Hall–Kier alpha value is -0.860. The van der Waals surface area contributed by atoms with Crippen LogP contribution < -0.4 is 0 Å². The predicted molar refractivity (Wildman–Crippen MR) is 57.7 cm³/mol. The molecular formula is C9H7F3INO2. The van der Waals surface area contributed by atoms with Crippen molar-refractivity contribution < 1.29 is 22.7 Å². The molecule has 0 N–H and O–H groups in total. The van der Waals surface area contributed by atoms with Gasteiger partial charge in [-0.05, 0) is 28.7 Å². The first-order valence-electron chi connectivity index (χ1n) is 4.13. The van der Waals surface area contributed by atoms with Gasteiger partial charge in [-0.3, -0.25) is 9.78 Å². The molecule has 0 radical (unpaired) electrons. The molecule has 0 saturated heterocycles. The fourth-order valence-electron chi connectivity index (χ4n) is 1.12. The van der Waals surface area contributed by atoms with Gasteiger partial charge >= 0.3 is 12.1 Å². The van der Waals surface area contributed by atoms with Gasteiger partial charge in [-0.15, -0.1) is 0 Å². The van der Waals surface area contributed by atoms with E-state index in [0.29, 0.717) is 0 Å². The lowest BCUT2D eigenvalue weighted by atomic mass is 10.1. The second-order valence-electron chi connectivity index (χ2n) is 2.87. The van der Waals surface area contributed by atoms with E-state index in [9.17, 15) is 18.0 Å². The second-order valence-corrected chi connectivity index (χ2v) is 4.03. The van der Waals surface area contributed by atoms with Crippen molar-refractivity contribution in [2.75, 3.05) is 7.11 Å². The zero-order chi connectivity index (χ0) is 12.3. The van der Waals surface area contributed by atoms with Crippen LogP contribution in [0.4, 0.5) is 13.2 Å². The van der Waals surface area contributed by atoms with Gasteiger partial charge in [0, 0.05) is 9.77 Å². The molecule has 0 unspecified atom stereocenters. The molecule has 0 bridgehead atoms. The van der Waals surface area contributed by atoms with Crippen LogP contribution in [0.25, 0.3) is 0 Å². The van der Waals surface area contributed by atoms with Gasteiger partial charge in [0.05, 0.1) is 24.8 Å². The quantitative estimate of drug-likeness (QED) is 0.611. The molecule has 0 saturated carbocycles. The Bertz CT molecular complexity index is 406. The average Bonchev–Trinajstić information content (AvgIpc) is 2.15. The molecule has 0 atom stereocenters. The number of nitrogens with zero attached hydrogens (tertiary/aromatic N) is 1. The molecular weight excluding hydrogens is 338 g/mol. The van der Waals surface area contributed by atoms with Crippen LogP contribution >= 0.6 is 22.6 Å². The molecule has 7 heteroatoms. The van der Waals surface area contributed by atoms with E-state index in [1.165, 1.54) is 12.3 Å². The maximum Gasteiger partial charge on any atom is 0.419 e. The molecule has 3 nitrogen and oxygen atoms in total. The molecule has 1 aromatic heterocycles. The zero-order valence-electron chi connectivity index (χ0n) is 8.14. The van der Waals surface area contributed by atoms with Gasteiger partial charge in [0.1, 0.15) is 0 Å². The number of carbonyl (C=O) groups excluding carboxylic acids is 1. The lowest BCUT2D eigenvalue weighted by Crippen LogP contribution is -2.16. The highest BCUT2D eigenvalue weighted by molar-refractivity contribution is 14.1. The van der Waals surface area contributed by atoms with Crippen molar-refractivity contribution >= 4 is 28.6 Å². The summed E-state index contributed by atoms with van der Waals surface area (Å²) in [6, 6.07) is 1.24. The summed E-state index contributed by atoms with van der Waals surface area (Å²) in [5.41, 5.74) is -1.19. The molecule has 0 fully saturated rings. The van der Waals surface area contributed by atoms with Gasteiger partial charge in [-0.2, -0.15) is 13.2 Å². The highest BCUT2D eigenvalue weighted by atomic mass is 127. The van der Waals surface area contributed by atoms with E-state index in [4.69, 9.17) is 0 Å². The summed E-state index contributed by atoms with van der Waals surface area (Å²) in [6.45, 7) is 0. The largest absolute Gasteiger partial charge is 0.469 e. The number of hydrogen-bond donors (Lipinski definition) is 0. The van der Waals surface area contributed by atoms with Gasteiger partial charge < -0.3 is 4.74 Å². The number of carbonyl (C=O) groups is 1. The van der Waals surface area contributed by atoms with Crippen molar-refractivity contribution in [3.05, 3.63) is 27.1 Å². The van der Waals surface area contributed by atoms with E-state index in [0.717, 1.165) is 7.11 Å². The third kappa shape index (κ3) is 3.06. The summed E-state index contributed by atoms with van der Waals surface area (Å²) in [7, 11) is 1.11. The second kappa shape index (κ2) is 4.98. The number of halogens is 4. The standard InChI is InChI=1S/C9H7F3INO2/c1-16-7(15)4-6-8(9(10,11)12)5(13)2-3-14-6/h2-3H,4H2,1H3. The molecule has 0 spiro atoms. The smallest absolute Gasteiger partial charge is 0.419 e. The first-order valence-corrected chi connectivity index (χ1v) is 5.21. The molecule has 0 aliphatic rings. The summed E-state index contributed by atoms with van der Waals surface area (Å²) in [4.78, 5) is 14.5. The van der Waals surface area contributed by atoms with Gasteiger partial charge in [-0.1, -0.05) is 0 Å². The molecule has 0 aliphatic heterocycles. The van der Waals surface area contributed by atoms with Crippen LogP contribution in [0.3, 0.4) is 0 Å². The lowest BCUT2D eigenvalue weighted by molar-refractivity contribution is -0.142. The maximum atomic E-state index is 12.7. The van der Waals surface area contributed by atoms with E-state index in [1.54, 1.807) is 22.6 Å². The molecule has 0 aromatic carbocycles. The fourth-order valence-corrected chi connectivity index (χ4v) is 1.90. The number of hydrogen-bond acceptors (Lipinski definition) is 3. The van der Waals surface area contributed by atoms with E-state index < -0.39 is 24.1 Å². The Morgan fingerprint density at radius 2 is 2.19 bits per heavy atom.